The van der Waals surface area contributed by atoms with Crippen molar-refractivity contribution in [3.05, 3.63) is 149 Å². The van der Waals surface area contributed by atoms with Crippen LogP contribution in [0.15, 0.2) is 132 Å². The quantitative estimate of drug-likeness (QED) is 0.101. The lowest BCUT2D eigenvalue weighted by atomic mass is 9.90. The molecule has 0 spiro atoms. The molecule has 5 aromatic rings. The molecule has 0 amide bonds. The number of carboxylic acids is 1. The maximum absolute atomic E-state index is 11.8. The first kappa shape index (κ1) is 34.1. The minimum absolute atomic E-state index is 0.0489. The van der Waals surface area contributed by atoms with E-state index in [9.17, 15) is 14.4 Å². The molecule has 1 N–H and O–H groups in total. The Bertz CT molecular complexity index is 1820. The molecular formula is C42H38O5S. The van der Waals surface area contributed by atoms with E-state index in [-0.39, 0.29) is 11.6 Å². The van der Waals surface area contributed by atoms with Crippen molar-refractivity contribution in [2.75, 3.05) is 5.75 Å². The molecular weight excluding hydrogens is 617 g/mol. The minimum Gasteiger partial charge on any atom is -0.479 e. The van der Waals surface area contributed by atoms with Crippen LogP contribution in [0.4, 0.5) is 0 Å². The zero-order chi connectivity index (χ0) is 34.2. The molecule has 0 radical (unpaired) electrons. The van der Waals surface area contributed by atoms with Gasteiger partial charge in [-0.1, -0.05) is 110 Å². The molecule has 6 heteroatoms. The molecule has 0 saturated heterocycles. The third-order valence-corrected chi connectivity index (χ3v) is 9.37. The van der Waals surface area contributed by atoms with Gasteiger partial charge in [0.25, 0.3) is 0 Å². The second kappa shape index (κ2) is 15.6. The van der Waals surface area contributed by atoms with Gasteiger partial charge < -0.3 is 9.84 Å². The third kappa shape index (κ3) is 8.38. The molecule has 0 aromatic heterocycles. The van der Waals surface area contributed by atoms with Crippen LogP contribution in [0.3, 0.4) is 0 Å². The van der Waals surface area contributed by atoms with Crippen LogP contribution in [0.25, 0.3) is 27.8 Å². The van der Waals surface area contributed by atoms with Crippen LogP contribution in [0.2, 0.25) is 0 Å². The molecule has 1 unspecified atom stereocenters. The van der Waals surface area contributed by atoms with E-state index >= 15 is 0 Å². The van der Waals surface area contributed by atoms with Crippen molar-refractivity contribution < 1.29 is 24.2 Å². The summed E-state index contributed by atoms with van der Waals surface area (Å²) in [7, 11) is 0. The Labute approximate surface area is 286 Å². The SMILES string of the molecule is CCC(CSc1ccc(OC(C)C(=O)O)cc1)=C(c1ccc(-c2ccc(C(C)=O)cc2)cc1)c1ccc(-c2ccc(C(C)=O)cc2)cc1. The fourth-order valence-corrected chi connectivity index (χ4v) is 6.44. The molecule has 5 aromatic carbocycles. The topological polar surface area (TPSA) is 80.7 Å². The van der Waals surface area contributed by atoms with Crippen LogP contribution >= 0.6 is 11.8 Å². The van der Waals surface area contributed by atoms with Gasteiger partial charge in [0.2, 0.25) is 0 Å². The summed E-state index contributed by atoms with van der Waals surface area (Å²) in [5, 5.41) is 9.16. The molecule has 0 aliphatic carbocycles. The first-order chi connectivity index (χ1) is 23.1. The van der Waals surface area contributed by atoms with E-state index in [1.165, 1.54) is 18.1 Å². The van der Waals surface area contributed by atoms with Gasteiger partial charge in [-0.15, -0.1) is 11.8 Å². The van der Waals surface area contributed by atoms with Gasteiger partial charge in [0.05, 0.1) is 0 Å². The highest BCUT2D eigenvalue weighted by molar-refractivity contribution is 7.99. The number of benzene rings is 5. The zero-order valence-corrected chi connectivity index (χ0v) is 28.3. The van der Waals surface area contributed by atoms with E-state index in [0.29, 0.717) is 16.9 Å². The molecule has 48 heavy (non-hydrogen) atoms. The lowest BCUT2D eigenvalue weighted by molar-refractivity contribution is -0.144. The van der Waals surface area contributed by atoms with Gasteiger partial charge in [-0.2, -0.15) is 0 Å². The monoisotopic (exact) mass is 654 g/mol. The van der Waals surface area contributed by atoms with E-state index in [1.807, 2.05) is 60.7 Å². The van der Waals surface area contributed by atoms with Crippen molar-refractivity contribution in [1.82, 2.24) is 0 Å². The average molecular weight is 655 g/mol. The van der Waals surface area contributed by atoms with E-state index < -0.39 is 12.1 Å². The van der Waals surface area contributed by atoms with Crippen LogP contribution in [0.5, 0.6) is 5.75 Å². The predicted molar refractivity (Wildman–Crippen MR) is 195 cm³/mol. The number of aliphatic carboxylic acids is 1. The number of hydrogen-bond donors (Lipinski definition) is 1. The third-order valence-electron chi connectivity index (χ3n) is 8.27. The fraction of sp³-hybridized carbons (Fsp3) is 0.167. The van der Waals surface area contributed by atoms with Crippen LogP contribution in [-0.4, -0.2) is 34.5 Å². The minimum atomic E-state index is -1.00. The van der Waals surface area contributed by atoms with Gasteiger partial charge in [0.1, 0.15) is 5.75 Å². The summed E-state index contributed by atoms with van der Waals surface area (Å²) in [6, 6.07) is 40.1. The number of rotatable bonds is 13. The molecule has 0 heterocycles. The predicted octanol–water partition coefficient (Wildman–Crippen LogP) is 10.3. The maximum atomic E-state index is 11.8. The molecule has 0 saturated carbocycles. The van der Waals surface area contributed by atoms with Gasteiger partial charge in [-0.05, 0) is 90.4 Å². The van der Waals surface area contributed by atoms with Crippen molar-refractivity contribution in [3.63, 3.8) is 0 Å². The molecule has 0 aliphatic heterocycles. The van der Waals surface area contributed by atoms with Crippen molar-refractivity contribution in [2.45, 2.75) is 45.1 Å². The maximum Gasteiger partial charge on any atom is 0.344 e. The van der Waals surface area contributed by atoms with Gasteiger partial charge >= 0.3 is 5.97 Å². The van der Waals surface area contributed by atoms with Crippen molar-refractivity contribution in [1.29, 1.82) is 0 Å². The van der Waals surface area contributed by atoms with Crippen molar-refractivity contribution in [3.8, 4) is 28.0 Å². The standard InChI is InChI=1S/C42H38O5S/c1-5-30(26-48-40-24-22-39(23-25-40)47-29(4)42(45)46)41(37-18-14-35(15-19-37)33-10-6-31(7-11-33)27(2)43)38-20-16-36(17-21-38)34-12-8-32(9-13-34)28(3)44/h6-25,29H,5,26H2,1-4H3,(H,45,46). The van der Waals surface area contributed by atoms with Crippen molar-refractivity contribution in [2.24, 2.45) is 0 Å². The number of carbonyl (C=O) groups is 3. The van der Waals surface area contributed by atoms with E-state index in [2.05, 4.69) is 55.5 Å². The Morgan fingerprint density at radius 2 is 0.979 bits per heavy atom. The summed E-state index contributed by atoms with van der Waals surface area (Å²) in [5.41, 5.74) is 10.3. The molecule has 242 valence electrons. The number of thioether (sulfide) groups is 1. The van der Waals surface area contributed by atoms with E-state index in [4.69, 9.17) is 9.84 Å². The highest BCUT2D eigenvalue weighted by atomic mass is 32.2. The molecule has 1 atom stereocenters. The normalized spacial score (nSPS) is 11.4. The molecule has 0 aliphatic rings. The molecule has 0 fully saturated rings. The summed E-state index contributed by atoms with van der Waals surface area (Å²) < 4.78 is 5.50. The van der Waals surface area contributed by atoms with E-state index in [1.54, 1.807) is 37.7 Å². The largest absolute Gasteiger partial charge is 0.479 e. The van der Waals surface area contributed by atoms with Crippen molar-refractivity contribution >= 4 is 34.9 Å². The first-order valence-electron chi connectivity index (χ1n) is 15.9. The van der Waals surface area contributed by atoms with Crippen LogP contribution in [0, 0.1) is 0 Å². The number of carbonyl (C=O) groups excluding carboxylic acids is 2. The Balaban J connectivity index is 1.46. The van der Waals surface area contributed by atoms with Gasteiger partial charge in [-0.25, -0.2) is 4.79 Å². The summed E-state index contributed by atoms with van der Waals surface area (Å²) in [4.78, 5) is 35.7. The van der Waals surface area contributed by atoms with Gasteiger partial charge in [0, 0.05) is 21.8 Å². The second-order valence-electron chi connectivity index (χ2n) is 11.6. The van der Waals surface area contributed by atoms with Crippen LogP contribution in [0.1, 0.15) is 66.0 Å². The Hall–Kier alpha value is -5.20. The fourth-order valence-electron chi connectivity index (χ4n) is 5.42. The summed E-state index contributed by atoms with van der Waals surface area (Å²) in [6.45, 7) is 6.84. The average Bonchev–Trinajstić information content (AvgIpc) is 3.11. The summed E-state index contributed by atoms with van der Waals surface area (Å²) >= 11 is 1.73. The highest BCUT2D eigenvalue weighted by Crippen LogP contribution is 2.35. The first-order valence-corrected chi connectivity index (χ1v) is 16.9. The molecule has 5 nitrogen and oxygen atoms in total. The highest BCUT2D eigenvalue weighted by Gasteiger charge is 2.15. The Morgan fingerprint density at radius 3 is 1.31 bits per heavy atom. The summed E-state index contributed by atoms with van der Waals surface area (Å²) in [5.74, 6) is 0.380. The number of ether oxygens (including phenoxy) is 1. The molecule has 0 bridgehead atoms. The number of hydrogen-bond acceptors (Lipinski definition) is 5. The Morgan fingerprint density at radius 1 is 0.604 bits per heavy atom. The number of Topliss-reactive ketones (excluding diaryl/α,β-unsaturated/α-hetero) is 2. The second-order valence-corrected chi connectivity index (χ2v) is 12.7. The van der Waals surface area contributed by atoms with Crippen LogP contribution in [-0.2, 0) is 4.79 Å². The van der Waals surface area contributed by atoms with Crippen LogP contribution < -0.4 is 4.74 Å². The Kier molecular flexibility index (Phi) is 11.1. The van der Waals surface area contributed by atoms with Gasteiger partial charge in [-0.3, -0.25) is 9.59 Å². The zero-order valence-electron chi connectivity index (χ0n) is 27.5. The summed E-state index contributed by atoms with van der Waals surface area (Å²) in [6.07, 6.45) is -0.0689. The lowest BCUT2D eigenvalue weighted by Gasteiger charge is -2.17. The smallest absolute Gasteiger partial charge is 0.344 e. The number of ketones is 2. The number of carboxylic acid groups (broad SMARTS) is 1. The lowest BCUT2D eigenvalue weighted by Crippen LogP contribution is -2.22. The molecule has 5 rings (SSSR count). The van der Waals surface area contributed by atoms with Gasteiger partial charge in [0.15, 0.2) is 17.7 Å². The van der Waals surface area contributed by atoms with E-state index in [0.717, 1.165) is 50.4 Å².